The van der Waals surface area contributed by atoms with Gasteiger partial charge >= 0.3 is 6.09 Å². The zero-order valence-corrected chi connectivity index (χ0v) is 12.1. The summed E-state index contributed by atoms with van der Waals surface area (Å²) in [7, 11) is 0. The average Bonchev–Trinajstić information content (AvgIpc) is 2.35. The third-order valence-electron chi connectivity index (χ3n) is 3.04. The molecular weight excluding hydrogens is 248 g/mol. The fourth-order valence-electron chi connectivity index (χ4n) is 1.90. The maximum atomic E-state index is 11.9. The van der Waals surface area contributed by atoms with Gasteiger partial charge in [0, 0.05) is 26.2 Å². The third-order valence-corrected chi connectivity index (χ3v) is 3.04. The molecule has 0 radical (unpaired) electrons. The highest BCUT2D eigenvalue weighted by Gasteiger charge is 2.29. The van der Waals surface area contributed by atoms with Gasteiger partial charge in [0.15, 0.2) is 0 Å². The second-order valence-electron chi connectivity index (χ2n) is 5.69. The number of piperazine rings is 1. The molecule has 19 heavy (non-hydrogen) atoms. The van der Waals surface area contributed by atoms with Crippen LogP contribution in [-0.4, -0.2) is 59.6 Å². The van der Waals surface area contributed by atoms with E-state index in [-0.39, 0.29) is 18.0 Å². The highest BCUT2D eigenvalue weighted by atomic mass is 16.6. The number of rotatable bonds is 2. The molecule has 7 heteroatoms. The first-order chi connectivity index (χ1) is 8.74. The van der Waals surface area contributed by atoms with Crippen LogP contribution in [0.25, 0.3) is 0 Å². The van der Waals surface area contributed by atoms with Gasteiger partial charge in [-0.2, -0.15) is 0 Å². The Bertz CT molecular complexity index is 332. The van der Waals surface area contributed by atoms with Gasteiger partial charge in [0.1, 0.15) is 5.60 Å². The summed E-state index contributed by atoms with van der Waals surface area (Å²) >= 11 is 0. The molecule has 0 bridgehead atoms. The van der Waals surface area contributed by atoms with E-state index in [4.69, 9.17) is 10.6 Å². The fraction of sp³-hybridized carbons (Fsp3) is 0.833. The quantitative estimate of drug-likeness (QED) is 0.417. The van der Waals surface area contributed by atoms with E-state index < -0.39 is 5.60 Å². The number of hydrazine groups is 1. The first kappa shape index (κ1) is 15.7. The lowest BCUT2D eigenvalue weighted by molar-refractivity contribution is -0.126. The van der Waals surface area contributed by atoms with Crippen LogP contribution >= 0.6 is 0 Å². The van der Waals surface area contributed by atoms with E-state index >= 15 is 0 Å². The van der Waals surface area contributed by atoms with Crippen molar-refractivity contribution in [3.63, 3.8) is 0 Å². The van der Waals surface area contributed by atoms with Gasteiger partial charge in [-0.15, -0.1) is 0 Å². The SMILES string of the molecule is C[C@H](C(=O)NN)N1CCN(C(=O)OC(C)(C)C)CC1. The summed E-state index contributed by atoms with van der Waals surface area (Å²) in [5.74, 6) is 4.90. The largest absolute Gasteiger partial charge is 0.444 e. The number of nitrogens with two attached hydrogens (primary N) is 1. The van der Waals surface area contributed by atoms with Gasteiger partial charge < -0.3 is 9.64 Å². The Balaban J connectivity index is 2.45. The number of carbonyl (C=O) groups excluding carboxylic acids is 2. The Hall–Kier alpha value is -1.34. The molecule has 1 aliphatic heterocycles. The molecule has 1 aliphatic rings. The number of hydrogen-bond acceptors (Lipinski definition) is 5. The molecule has 2 amide bonds. The number of nitrogens with zero attached hydrogens (tertiary/aromatic N) is 2. The minimum atomic E-state index is -0.485. The Labute approximate surface area is 114 Å². The highest BCUT2D eigenvalue weighted by Crippen LogP contribution is 2.12. The zero-order chi connectivity index (χ0) is 14.6. The van der Waals surface area contributed by atoms with Crippen LogP contribution in [0.5, 0.6) is 0 Å². The number of hydrogen-bond donors (Lipinski definition) is 2. The molecule has 1 heterocycles. The molecular formula is C12H24N4O3. The lowest BCUT2D eigenvalue weighted by atomic mass is 10.2. The van der Waals surface area contributed by atoms with Crippen LogP contribution in [0.4, 0.5) is 4.79 Å². The molecule has 0 aromatic carbocycles. The summed E-state index contributed by atoms with van der Waals surface area (Å²) in [6.07, 6.45) is -0.303. The smallest absolute Gasteiger partial charge is 0.410 e. The molecule has 0 unspecified atom stereocenters. The van der Waals surface area contributed by atoms with Crippen molar-refractivity contribution < 1.29 is 14.3 Å². The number of amides is 2. The van der Waals surface area contributed by atoms with Gasteiger partial charge in [0.2, 0.25) is 0 Å². The second-order valence-corrected chi connectivity index (χ2v) is 5.69. The van der Waals surface area contributed by atoms with Crippen LogP contribution in [0.1, 0.15) is 27.7 Å². The van der Waals surface area contributed by atoms with E-state index in [2.05, 4.69) is 5.43 Å². The van der Waals surface area contributed by atoms with Crippen LogP contribution in [0.15, 0.2) is 0 Å². The Kier molecular flexibility index (Phi) is 5.13. The molecule has 3 N–H and O–H groups in total. The van der Waals surface area contributed by atoms with Crippen LogP contribution in [-0.2, 0) is 9.53 Å². The molecule has 0 aromatic heterocycles. The molecule has 0 spiro atoms. The van der Waals surface area contributed by atoms with Crippen molar-refractivity contribution >= 4 is 12.0 Å². The van der Waals surface area contributed by atoms with E-state index in [9.17, 15) is 9.59 Å². The first-order valence-corrected chi connectivity index (χ1v) is 6.47. The summed E-state index contributed by atoms with van der Waals surface area (Å²) in [6.45, 7) is 9.69. The molecule has 1 fully saturated rings. The number of carbonyl (C=O) groups is 2. The normalized spacial score (nSPS) is 18.9. The summed E-state index contributed by atoms with van der Waals surface area (Å²) in [5.41, 5.74) is 1.66. The number of nitrogens with one attached hydrogen (secondary N) is 1. The zero-order valence-electron chi connectivity index (χ0n) is 12.1. The number of ether oxygens (including phenoxy) is 1. The highest BCUT2D eigenvalue weighted by molar-refractivity contribution is 5.80. The van der Waals surface area contributed by atoms with Gasteiger partial charge in [0.05, 0.1) is 6.04 Å². The lowest BCUT2D eigenvalue weighted by Gasteiger charge is -2.37. The van der Waals surface area contributed by atoms with Crippen molar-refractivity contribution in [2.75, 3.05) is 26.2 Å². The summed E-state index contributed by atoms with van der Waals surface area (Å²) in [6, 6.07) is -0.286. The Morgan fingerprint density at radius 3 is 2.16 bits per heavy atom. The maximum absolute atomic E-state index is 11.9. The molecule has 110 valence electrons. The van der Waals surface area contributed by atoms with E-state index in [1.165, 1.54) is 0 Å². The van der Waals surface area contributed by atoms with E-state index in [0.29, 0.717) is 26.2 Å². The van der Waals surface area contributed by atoms with Crippen LogP contribution in [0, 0.1) is 0 Å². The average molecular weight is 272 g/mol. The van der Waals surface area contributed by atoms with E-state index in [1.54, 1.807) is 11.8 Å². The maximum Gasteiger partial charge on any atom is 0.410 e. The molecule has 0 aliphatic carbocycles. The molecule has 0 aromatic rings. The Morgan fingerprint density at radius 1 is 1.21 bits per heavy atom. The van der Waals surface area contributed by atoms with Crippen LogP contribution < -0.4 is 11.3 Å². The minimum Gasteiger partial charge on any atom is -0.444 e. The van der Waals surface area contributed by atoms with Crippen molar-refractivity contribution in [3.8, 4) is 0 Å². The van der Waals surface area contributed by atoms with Crippen molar-refractivity contribution in [2.24, 2.45) is 5.84 Å². The first-order valence-electron chi connectivity index (χ1n) is 6.47. The summed E-state index contributed by atoms with van der Waals surface area (Å²) in [5, 5.41) is 0. The Morgan fingerprint density at radius 2 is 1.74 bits per heavy atom. The van der Waals surface area contributed by atoms with E-state index in [1.807, 2.05) is 25.7 Å². The molecule has 1 atom stereocenters. The van der Waals surface area contributed by atoms with Gasteiger partial charge in [-0.3, -0.25) is 15.1 Å². The van der Waals surface area contributed by atoms with Crippen molar-refractivity contribution in [1.29, 1.82) is 0 Å². The van der Waals surface area contributed by atoms with E-state index in [0.717, 1.165) is 0 Å². The lowest BCUT2D eigenvalue weighted by Crippen LogP contribution is -2.56. The summed E-state index contributed by atoms with van der Waals surface area (Å²) < 4.78 is 5.31. The van der Waals surface area contributed by atoms with Crippen molar-refractivity contribution in [1.82, 2.24) is 15.2 Å². The monoisotopic (exact) mass is 272 g/mol. The van der Waals surface area contributed by atoms with Crippen LogP contribution in [0.3, 0.4) is 0 Å². The van der Waals surface area contributed by atoms with Gasteiger partial charge in [-0.05, 0) is 27.7 Å². The predicted octanol–water partition coefficient (Wildman–Crippen LogP) is -0.0825. The summed E-state index contributed by atoms with van der Waals surface area (Å²) in [4.78, 5) is 26.9. The predicted molar refractivity (Wildman–Crippen MR) is 71.2 cm³/mol. The van der Waals surface area contributed by atoms with Gasteiger partial charge in [0.25, 0.3) is 5.91 Å². The van der Waals surface area contributed by atoms with Gasteiger partial charge in [-0.1, -0.05) is 0 Å². The molecule has 0 saturated carbocycles. The third kappa shape index (κ3) is 4.68. The molecule has 1 saturated heterocycles. The topological polar surface area (TPSA) is 87.9 Å². The molecule has 7 nitrogen and oxygen atoms in total. The van der Waals surface area contributed by atoms with Crippen molar-refractivity contribution in [2.45, 2.75) is 39.3 Å². The van der Waals surface area contributed by atoms with Crippen LogP contribution in [0.2, 0.25) is 0 Å². The molecule has 1 rings (SSSR count). The standard InChI is InChI=1S/C12H24N4O3/c1-9(10(17)14-13)15-5-7-16(8-6-15)11(18)19-12(2,3)4/h9H,5-8,13H2,1-4H3,(H,14,17)/t9-/m1/s1. The fourth-order valence-corrected chi connectivity index (χ4v) is 1.90. The van der Waals surface area contributed by atoms with Gasteiger partial charge in [-0.25, -0.2) is 10.6 Å². The second kappa shape index (κ2) is 6.21. The minimum absolute atomic E-state index is 0.217. The van der Waals surface area contributed by atoms with Crippen molar-refractivity contribution in [3.05, 3.63) is 0 Å².